The van der Waals surface area contributed by atoms with Crippen molar-refractivity contribution in [2.75, 3.05) is 19.6 Å². The first kappa shape index (κ1) is 15.9. The summed E-state index contributed by atoms with van der Waals surface area (Å²) in [6, 6.07) is 9.22. The molecule has 1 unspecified atom stereocenters. The molecule has 6 heteroatoms. The van der Waals surface area contributed by atoms with Crippen molar-refractivity contribution in [3.8, 4) is 10.6 Å². The number of hydrogen-bond acceptors (Lipinski definition) is 5. The maximum atomic E-state index is 13.6. The number of rotatable bonds is 4. The van der Waals surface area contributed by atoms with Gasteiger partial charge in [-0.2, -0.15) is 11.3 Å². The normalized spacial score (nSPS) is 18.8. The quantitative estimate of drug-likeness (QED) is 0.758. The highest BCUT2D eigenvalue weighted by atomic mass is 32.1. The van der Waals surface area contributed by atoms with Crippen LogP contribution in [0.1, 0.15) is 17.3 Å². The molecule has 1 fully saturated rings. The van der Waals surface area contributed by atoms with Crippen molar-refractivity contribution in [3.05, 3.63) is 63.5 Å². The van der Waals surface area contributed by atoms with E-state index in [1.807, 2.05) is 6.07 Å². The van der Waals surface area contributed by atoms with Crippen molar-refractivity contribution >= 4 is 22.7 Å². The average Bonchev–Trinajstić information content (AvgIpc) is 3.26. The topological polar surface area (TPSA) is 28.2 Å². The Bertz CT molecular complexity index is 800. The van der Waals surface area contributed by atoms with E-state index in [9.17, 15) is 4.39 Å². The zero-order chi connectivity index (χ0) is 16.4. The third-order valence-corrected chi connectivity index (χ3v) is 5.90. The number of thiazole rings is 1. The van der Waals surface area contributed by atoms with Gasteiger partial charge in [0.2, 0.25) is 0 Å². The van der Waals surface area contributed by atoms with Crippen LogP contribution in [0, 0.1) is 5.82 Å². The molecule has 2 aromatic heterocycles. The maximum absolute atomic E-state index is 13.6. The number of thiophene rings is 1. The molecule has 1 saturated heterocycles. The van der Waals surface area contributed by atoms with Crippen LogP contribution >= 0.6 is 22.7 Å². The first-order valence-corrected chi connectivity index (χ1v) is 9.79. The molecule has 1 aliphatic rings. The number of piperazine rings is 1. The Morgan fingerprint density at radius 2 is 2.25 bits per heavy atom. The van der Waals surface area contributed by atoms with Crippen LogP contribution in [0.25, 0.3) is 10.6 Å². The van der Waals surface area contributed by atoms with Gasteiger partial charge in [-0.25, -0.2) is 9.37 Å². The summed E-state index contributed by atoms with van der Waals surface area (Å²) in [4.78, 5) is 7.17. The molecular weight excluding hydrogens is 341 g/mol. The van der Waals surface area contributed by atoms with Gasteiger partial charge in [-0.15, -0.1) is 11.3 Å². The molecule has 1 N–H and O–H groups in total. The minimum atomic E-state index is -0.175. The lowest BCUT2D eigenvalue weighted by Crippen LogP contribution is -2.45. The molecule has 0 aliphatic carbocycles. The molecule has 3 aromatic rings. The highest BCUT2D eigenvalue weighted by molar-refractivity contribution is 7.14. The minimum Gasteiger partial charge on any atom is -0.314 e. The molecule has 0 saturated carbocycles. The first-order chi connectivity index (χ1) is 11.8. The number of hydrogen-bond donors (Lipinski definition) is 1. The number of aromatic nitrogens is 1. The SMILES string of the molecule is Fc1cccc(C2CNCCN2Cc2csc(-c3ccsc3)n2)c1. The second-order valence-corrected chi connectivity index (χ2v) is 7.54. The van der Waals surface area contributed by atoms with Crippen molar-refractivity contribution in [2.45, 2.75) is 12.6 Å². The van der Waals surface area contributed by atoms with E-state index in [1.54, 1.807) is 34.8 Å². The van der Waals surface area contributed by atoms with Gasteiger partial charge in [-0.05, 0) is 29.1 Å². The fraction of sp³-hybridized carbons (Fsp3) is 0.278. The van der Waals surface area contributed by atoms with Crippen molar-refractivity contribution in [2.24, 2.45) is 0 Å². The minimum absolute atomic E-state index is 0.175. The van der Waals surface area contributed by atoms with E-state index in [1.165, 1.54) is 11.6 Å². The van der Waals surface area contributed by atoms with Crippen molar-refractivity contribution in [3.63, 3.8) is 0 Å². The van der Waals surface area contributed by atoms with Crippen molar-refractivity contribution in [1.29, 1.82) is 0 Å². The lowest BCUT2D eigenvalue weighted by molar-refractivity contribution is 0.152. The van der Waals surface area contributed by atoms with Gasteiger partial charge in [-0.1, -0.05) is 12.1 Å². The van der Waals surface area contributed by atoms with Gasteiger partial charge in [0.25, 0.3) is 0 Å². The summed E-state index contributed by atoms with van der Waals surface area (Å²) in [6.07, 6.45) is 0. The van der Waals surface area contributed by atoms with Crippen LogP contribution in [0.3, 0.4) is 0 Å². The second kappa shape index (κ2) is 7.11. The standard InChI is InChI=1S/C18H18FN3S2/c19-15-3-1-2-13(8-15)17-9-20-5-6-22(17)10-16-12-24-18(21-16)14-4-7-23-11-14/h1-4,7-8,11-12,17,20H,5-6,9-10H2. The molecule has 0 amide bonds. The molecule has 1 aromatic carbocycles. The number of halogens is 1. The lowest BCUT2D eigenvalue weighted by atomic mass is 10.0. The van der Waals surface area contributed by atoms with Crippen LogP contribution in [0.5, 0.6) is 0 Å². The van der Waals surface area contributed by atoms with Crippen LogP contribution in [0.4, 0.5) is 4.39 Å². The molecule has 1 atom stereocenters. The van der Waals surface area contributed by atoms with Crippen LogP contribution in [-0.2, 0) is 6.54 Å². The molecule has 24 heavy (non-hydrogen) atoms. The summed E-state index contributed by atoms with van der Waals surface area (Å²) in [6.45, 7) is 3.52. The Kier molecular flexibility index (Phi) is 4.71. The van der Waals surface area contributed by atoms with E-state index in [-0.39, 0.29) is 11.9 Å². The number of nitrogens with one attached hydrogen (secondary N) is 1. The molecule has 0 bridgehead atoms. The lowest BCUT2D eigenvalue weighted by Gasteiger charge is -2.36. The monoisotopic (exact) mass is 359 g/mol. The Morgan fingerprint density at radius 3 is 3.08 bits per heavy atom. The summed E-state index contributed by atoms with van der Waals surface area (Å²) in [5.41, 5.74) is 3.30. The molecule has 124 valence electrons. The van der Waals surface area contributed by atoms with E-state index in [0.29, 0.717) is 0 Å². The molecule has 1 aliphatic heterocycles. The summed E-state index contributed by atoms with van der Waals surface area (Å²) in [5, 5.41) is 10.8. The van der Waals surface area contributed by atoms with E-state index in [0.717, 1.165) is 42.4 Å². The largest absolute Gasteiger partial charge is 0.314 e. The third-order valence-electron chi connectivity index (χ3n) is 4.27. The molecule has 3 heterocycles. The van der Waals surface area contributed by atoms with Gasteiger partial charge in [0.1, 0.15) is 10.8 Å². The van der Waals surface area contributed by atoms with Gasteiger partial charge in [-0.3, -0.25) is 4.90 Å². The Balaban J connectivity index is 1.53. The second-order valence-electron chi connectivity index (χ2n) is 5.90. The highest BCUT2D eigenvalue weighted by Gasteiger charge is 2.24. The number of nitrogens with zero attached hydrogens (tertiary/aromatic N) is 2. The van der Waals surface area contributed by atoms with Crippen LogP contribution in [0.15, 0.2) is 46.5 Å². The summed E-state index contributed by atoms with van der Waals surface area (Å²) < 4.78 is 13.6. The van der Waals surface area contributed by atoms with Gasteiger partial charge >= 0.3 is 0 Å². The van der Waals surface area contributed by atoms with E-state index in [4.69, 9.17) is 4.98 Å². The average molecular weight is 359 g/mol. The Hall–Kier alpha value is -1.60. The highest BCUT2D eigenvalue weighted by Crippen LogP contribution is 2.28. The van der Waals surface area contributed by atoms with Gasteiger partial charge in [0.15, 0.2) is 0 Å². The summed E-state index contributed by atoms with van der Waals surface area (Å²) in [5.74, 6) is -0.175. The molecule has 0 spiro atoms. The third kappa shape index (κ3) is 3.42. The van der Waals surface area contributed by atoms with Crippen molar-refractivity contribution < 1.29 is 4.39 Å². The van der Waals surface area contributed by atoms with Gasteiger partial charge in [0, 0.05) is 48.5 Å². The molecule has 3 nitrogen and oxygen atoms in total. The predicted octanol–water partition coefficient (Wildman–Crippen LogP) is 4.16. The van der Waals surface area contributed by atoms with E-state index < -0.39 is 0 Å². The fourth-order valence-corrected chi connectivity index (χ4v) is 4.61. The summed E-state index contributed by atoms with van der Waals surface area (Å²) in [7, 11) is 0. The Morgan fingerprint density at radius 1 is 1.29 bits per heavy atom. The van der Waals surface area contributed by atoms with E-state index >= 15 is 0 Å². The predicted molar refractivity (Wildman–Crippen MR) is 97.8 cm³/mol. The molecular formula is C18H18FN3S2. The van der Waals surface area contributed by atoms with Gasteiger partial charge in [0.05, 0.1) is 5.69 Å². The first-order valence-electron chi connectivity index (χ1n) is 7.97. The van der Waals surface area contributed by atoms with Crippen LogP contribution in [0.2, 0.25) is 0 Å². The van der Waals surface area contributed by atoms with Crippen LogP contribution in [-0.4, -0.2) is 29.5 Å². The van der Waals surface area contributed by atoms with Gasteiger partial charge < -0.3 is 5.32 Å². The maximum Gasteiger partial charge on any atom is 0.124 e. The number of benzene rings is 1. The molecule has 4 rings (SSSR count). The molecule has 0 radical (unpaired) electrons. The zero-order valence-corrected chi connectivity index (χ0v) is 14.7. The Labute approximate surface area is 148 Å². The smallest absolute Gasteiger partial charge is 0.124 e. The van der Waals surface area contributed by atoms with Crippen LogP contribution < -0.4 is 5.32 Å². The fourth-order valence-electron chi connectivity index (χ4n) is 3.08. The van der Waals surface area contributed by atoms with E-state index in [2.05, 4.69) is 32.4 Å². The van der Waals surface area contributed by atoms with Crippen molar-refractivity contribution in [1.82, 2.24) is 15.2 Å². The summed E-state index contributed by atoms with van der Waals surface area (Å²) >= 11 is 3.38. The zero-order valence-electron chi connectivity index (χ0n) is 13.1.